The second-order valence-electron chi connectivity index (χ2n) is 6.68. The minimum absolute atomic E-state index is 0.285. The van der Waals surface area contributed by atoms with Gasteiger partial charge >= 0.3 is 0 Å². The first kappa shape index (κ1) is 15.4. The highest BCUT2D eigenvalue weighted by Crippen LogP contribution is 2.33. The molecule has 0 amide bonds. The van der Waals surface area contributed by atoms with Crippen LogP contribution in [0.25, 0.3) is 0 Å². The first-order valence-electron chi connectivity index (χ1n) is 8.13. The Kier molecular flexibility index (Phi) is 5.09. The summed E-state index contributed by atoms with van der Waals surface area (Å²) in [6.07, 6.45) is 4.85. The first-order valence-corrected chi connectivity index (χ1v) is 8.13. The van der Waals surface area contributed by atoms with Gasteiger partial charge in [-0.25, -0.2) is 0 Å². The van der Waals surface area contributed by atoms with Crippen LogP contribution in [0.3, 0.4) is 0 Å². The van der Waals surface area contributed by atoms with Crippen LogP contribution >= 0.6 is 0 Å². The number of rotatable bonds is 7. The van der Waals surface area contributed by atoms with Gasteiger partial charge in [0.25, 0.3) is 0 Å². The molecule has 2 heteroatoms. The van der Waals surface area contributed by atoms with Gasteiger partial charge in [0, 0.05) is 24.3 Å². The largest absolute Gasteiger partial charge is 0.369 e. The van der Waals surface area contributed by atoms with Crippen LogP contribution in [0.1, 0.15) is 51.2 Å². The van der Waals surface area contributed by atoms with Gasteiger partial charge in [0.1, 0.15) is 0 Å². The normalized spacial score (nSPS) is 16.5. The predicted octanol–water partition coefficient (Wildman–Crippen LogP) is 3.90. The number of hydrogen-bond acceptors (Lipinski definition) is 2. The molecule has 1 saturated carbocycles. The van der Waals surface area contributed by atoms with E-state index in [2.05, 4.69) is 50.8 Å². The maximum absolute atomic E-state index is 6.06. The van der Waals surface area contributed by atoms with Gasteiger partial charge in [-0.05, 0) is 69.6 Å². The van der Waals surface area contributed by atoms with Crippen LogP contribution in [-0.4, -0.2) is 18.6 Å². The summed E-state index contributed by atoms with van der Waals surface area (Å²) in [4.78, 5) is 2.57. The van der Waals surface area contributed by atoms with Crippen LogP contribution in [0.5, 0.6) is 0 Å². The maximum atomic E-state index is 6.06. The Morgan fingerprint density at radius 3 is 2.50 bits per heavy atom. The van der Waals surface area contributed by atoms with Gasteiger partial charge in [-0.2, -0.15) is 0 Å². The van der Waals surface area contributed by atoms with Crippen molar-refractivity contribution in [3.63, 3.8) is 0 Å². The van der Waals surface area contributed by atoms with Gasteiger partial charge in [-0.15, -0.1) is 0 Å². The topological polar surface area (TPSA) is 29.3 Å². The standard InChI is InChI=1S/C18H30N2/c1-5-17(19)11-16-8-9-18(14(4)10-16)20(13(2)3)12-15-6-7-15/h8-10,13,15,17H,5-7,11-12,19H2,1-4H3. The second-order valence-corrected chi connectivity index (χ2v) is 6.68. The second kappa shape index (κ2) is 6.62. The fourth-order valence-corrected chi connectivity index (χ4v) is 2.78. The summed E-state index contributed by atoms with van der Waals surface area (Å²) in [5, 5.41) is 0. The molecule has 1 fully saturated rings. The lowest BCUT2D eigenvalue weighted by Crippen LogP contribution is -2.33. The van der Waals surface area contributed by atoms with Crippen molar-refractivity contribution in [1.82, 2.24) is 0 Å². The molecule has 1 aromatic rings. The number of hydrogen-bond donors (Lipinski definition) is 1. The lowest BCUT2D eigenvalue weighted by Gasteiger charge is -2.31. The summed E-state index contributed by atoms with van der Waals surface area (Å²) in [5.41, 5.74) is 10.2. The Labute approximate surface area is 124 Å². The molecule has 1 aromatic carbocycles. The van der Waals surface area contributed by atoms with Gasteiger partial charge in [0.15, 0.2) is 0 Å². The Morgan fingerprint density at radius 2 is 2.00 bits per heavy atom. The van der Waals surface area contributed by atoms with E-state index >= 15 is 0 Å². The van der Waals surface area contributed by atoms with E-state index in [4.69, 9.17) is 5.73 Å². The molecule has 1 unspecified atom stereocenters. The van der Waals surface area contributed by atoms with E-state index in [1.54, 1.807) is 0 Å². The van der Waals surface area contributed by atoms with Crippen LogP contribution in [0.4, 0.5) is 5.69 Å². The Hall–Kier alpha value is -1.02. The predicted molar refractivity (Wildman–Crippen MR) is 88.4 cm³/mol. The summed E-state index contributed by atoms with van der Waals surface area (Å²) >= 11 is 0. The number of aryl methyl sites for hydroxylation is 1. The molecule has 0 aromatic heterocycles. The van der Waals surface area contributed by atoms with E-state index in [1.807, 2.05) is 0 Å². The summed E-state index contributed by atoms with van der Waals surface area (Å²) in [6.45, 7) is 10.2. The lowest BCUT2D eigenvalue weighted by atomic mass is 10.0. The van der Waals surface area contributed by atoms with Crippen molar-refractivity contribution in [3.05, 3.63) is 29.3 Å². The van der Waals surface area contributed by atoms with E-state index in [0.29, 0.717) is 6.04 Å². The zero-order chi connectivity index (χ0) is 14.7. The fourth-order valence-electron chi connectivity index (χ4n) is 2.78. The van der Waals surface area contributed by atoms with Gasteiger partial charge in [-0.3, -0.25) is 0 Å². The summed E-state index contributed by atoms with van der Waals surface area (Å²) in [5.74, 6) is 0.921. The molecule has 0 radical (unpaired) electrons. The fraction of sp³-hybridized carbons (Fsp3) is 0.667. The van der Waals surface area contributed by atoms with Crippen LogP contribution in [0.15, 0.2) is 18.2 Å². The third-order valence-corrected chi connectivity index (χ3v) is 4.37. The summed E-state index contributed by atoms with van der Waals surface area (Å²) < 4.78 is 0. The van der Waals surface area contributed by atoms with E-state index in [-0.39, 0.29) is 6.04 Å². The van der Waals surface area contributed by atoms with Crippen LogP contribution in [-0.2, 0) is 6.42 Å². The van der Waals surface area contributed by atoms with Gasteiger partial charge in [0.05, 0.1) is 0 Å². The minimum atomic E-state index is 0.285. The van der Waals surface area contributed by atoms with Crippen molar-refractivity contribution in [2.75, 3.05) is 11.4 Å². The summed E-state index contributed by atoms with van der Waals surface area (Å²) in [7, 11) is 0. The highest BCUT2D eigenvalue weighted by Gasteiger charge is 2.26. The number of benzene rings is 1. The molecule has 2 nitrogen and oxygen atoms in total. The molecule has 2 N–H and O–H groups in total. The summed E-state index contributed by atoms with van der Waals surface area (Å²) in [6, 6.07) is 7.74. The molecule has 0 heterocycles. The van der Waals surface area contributed by atoms with Crippen LogP contribution < -0.4 is 10.6 Å². The zero-order valence-corrected chi connectivity index (χ0v) is 13.5. The molecule has 1 aliphatic rings. The van der Waals surface area contributed by atoms with Crippen LogP contribution in [0, 0.1) is 12.8 Å². The van der Waals surface area contributed by atoms with Crippen molar-refractivity contribution >= 4 is 5.69 Å². The maximum Gasteiger partial charge on any atom is 0.0398 e. The first-order chi connectivity index (χ1) is 9.51. The molecule has 0 aliphatic heterocycles. The SMILES string of the molecule is CCC(N)Cc1ccc(N(CC2CC2)C(C)C)c(C)c1. The van der Waals surface area contributed by atoms with Crippen molar-refractivity contribution in [2.24, 2.45) is 11.7 Å². The number of nitrogens with zero attached hydrogens (tertiary/aromatic N) is 1. The molecule has 112 valence electrons. The number of nitrogens with two attached hydrogens (primary N) is 1. The van der Waals surface area contributed by atoms with Crippen molar-refractivity contribution in [2.45, 2.75) is 65.5 Å². The van der Waals surface area contributed by atoms with E-state index < -0.39 is 0 Å². The lowest BCUT2D eigenvalue weighted by molar-refractivity contribution is 0.639. The Bertz CT molecular complexity index is 435. The average Bonchev–Trinajstić information content (AvgIpc) is 3.20. The molecular formula is C18H30N2. The molecule has 20 heavy (non-hydrogen) atoms. The van der Waals surface area contributed by atoms with Gasteiger partial charge in [0.2, 0.25) is 0 Å². The highest BCUT2D eigenvalue weighted by atomic mass is 15.2. The smallest absolute Gasteiger partial charge is 0.0398 e. The molecule has 1 atom stereocenters. The van der Waals surface area contributed by atoms with Crippen molar-refractivity contribution in [3.8, 4) is 0 Å². The zero-order valence-electron chi connectivity index (χ0n) is 13.5. The molecule has 0 saturated heterocycles. The quantitative estimate of drug-likeness (QED) is 0.817. The Balaban J connectivity index is 2.13. The van der Waals surface area contributed by atoms with Gasteiger partial charge in [-0.1, -0.05) is 19.1 Å². The van der Waals surface area contributed by atoms with Crippen molar-refractivity contribution in [1.29, 1.82) is 0 Å². The third-order valence-electron chi connectivity index (χ3n) is 4.37. The molecule has 2 rings (SSSR count). The van der Waals surface area contributed by atoms with E-state index in [9.17, 15) is 0 Å². The highest BCUT2D eigenvalue weighted by molar-refractivity contribution is 5.55. The number of anilines is 1. The third kappa shape index (κ3) is 3.99. The minimum Gasteiger partial charge on any atom is -0.369 e. The molecule has 0 spiro atoms. The van der Waals surface area contributed by atoms with Gasteiger partial charge < -0.3 is 10.6 Å². The molecule has 0 bridgehead atoms. The monoisotopic (exact) mass is 274 g/mol. The van der Waals surface area contributed by atoms with Crippen molar-refractivity contribution < 1.29 is 0 Å². The van der Waals surface area contributed by atoms with E-state index in [1.165, 1.54) is 36.2 Å². The Morgan fingerprint density at radius 1 is 1.30 bits per heavy atom. The molecule has 1 aliphatic carbocycles. The van der Waals surface area contributed by atoms with E-state index in [0.717, 1.165) is 18.8 Å². The van der Waals surface area contributed by atoms with Crippen LogP contribution in [0.2, 0.25) is 0 Å². The average molecular weight is 274 g/mol. The molecular weight excluding hydrogens is 244 g/mol.